The number of hydrogen-bond donors (Lipinski definition) is 1. The van der Waals surface area contributed by atoms with Crippen LogP contribution in [0.3, 0.4) is 0 Å². The molecule has 1 aliphatic carbocycles. The summed E-state index contributed by atoms with van der Waals surface area (Å²) < 4.78 is 5.82. The third kappa shape index (κ3) is 1.64. The molecule has 1 heterocycles. The van der Waals surface area contributed by atoms with E-state index in [-0.39, 0.29) is 0 Å². The van der Waals surface area contributed by atoms with E-state index >= 15 is 0 Å². The summed E-state index contributed by atoms with van der Waals surface area (Å²) in [6, 6.07) is 1.28. The van der Waals surface area contributed by atoms with Crippen molar-refractivity contribution in [3.05, 3.63) is 0 Å². The van der Waals surface area contributed by atoms with Crippen LogP contribution in [-0.4, -0.2) is 24.8 Å². The Kier molecular flexibility index (Phi) is 2.66. The highest BCUT2D eigenvalue weighted by molar-refractivity contribution is 4.88. The zero-order valence-electron chi connectivity index (χ0n) is 7.88. The first-order chi connectivity index (χ1) is 5.90. The molecule has 12 heavy (non-hydrogen) atoms. The van der Waals surface area contributed by atoms with Crippen molar-refractivity contribution < 1.29 is 4.74 Å². The molecule has 0 amide bonds. The molecular formula is C10H19NO. The summed E-state index contributed by atoms with van der Waals surface area (Å²) in [5.74, 6) is 0. The molecule has 2 aliphatic rings. The first-order valence-corrected chi connectivity index (χ1v) is 5.28. The van der Waals surface area contributed by atoms with E-state index in [1.54, 1.807) is 0 Å². The lowest BCUT2D eigenvalue weighted by molar-refractivity contribution is -0.0458. The molecule has 2 rings (SSSR count). The Balaban J connectivity index is 1.90. The minimum Gasteiger partial charge on any atom is -0.375 e. The minimum atomic E-state index is 0.529. The van der Waals surface area contributed by atoms with E-state index in [1.165, 1.54) is 32.1 Å². The molecule has 2 heteroatoms. The zero-order chi connectivity index (χ0) is 8.39. The van der Waals surface area contributed by atoms with Crippen molar-refractivity contribution in [3.8, 4) is 0 Å². The van der Waals surface area contributed by atoms with Crippen LogP contribution in [0.2, 0.25) is 0 Å². The largest absolute Gasteiger partial charge is 0.375 e. The molecule has 0 aromatic rings. The molecule has 3 atom stereocenters. The average molecular weight is 169 g/mol. The number of ether oxygens (including phenoxy) is 1. The maximum Gasteiger partial charge on any atom is 0.0728 e. The van der Waals surface area contributed by atoms with Crippen molar-refractivity contribution in [1.29, 1.82) is 0 Å². The average Bonchev–Trinajstić information content (AvgIpc) is 2.17. The number of morpholine rings is 1. The molecule has 1 saturated carbocycles. The van der Waals surface area contributed by atoms with Gasteiger partial charge in [-0.25, -0.2) is 0 Å². The van der Waals surface area contributed by atoms with Gasteiger partial charge in [0.1, 0.15) is 0 Å². The highest BCUT2D eigenvalue weighted by atomic mass is 16.5. The van der Waals surface area contributed by atoms with Crippen LogP contribution in [-0.2, 0) is 4.74 Å². The van der Waals surface area contributed by atoms with E-state index in [9.17, 15) is 0 Å². The van der Waals surface area contributed by atoms with Crippen LogP contribution in [0.5, 0.6) is 0 Å². The molecule has 0 bridgehead atoms. The van der Waals surface area contributed by atoms with E-state index in [2.05, 4.69) is 12.2 Å². The highest BCUT2D eigenvalue weighted by Gasteiger charge is 2.31. The standard InChI is InChI=1S/C10H19NO/c1-2-8-7-12-10-6-4-3-5-9(10)11-8/h8-11H,2-7H2,1H3. The minimum absolute atomic E-state index is 0.529. The lowest BCUT2D eigenvalue weighted by atomic mass is 9.90. The van der Waals surface area contributed by atoms with Crippen LogP contribution in [0.25, 0.3) is 0 Å². The quantitative estimate of drug-likeness (QED) is 0.645. The monoisotopic (exact) mass is 169 g/mol. The van der Waals surface area contributed by atoms with Crippen molar-refractivity contribution in [3.63, 3.8) is 0 Å². The molecule has 1 aliphatic heterocycles. The predicted molar refractivity (Wildman–Crippen MR) is 49.2 cm³/mol. The van der Waals surface area contributed by atoms with Gasteiger partial charge in [0.25, 0.3) is 0 Å². The van der Waals surface area contributed by atoms with Gasteiger partial charge in [0.15, 0.2) is 0 Å². The fourth-order valence-electron chi connectivity index (χ4n) is 2.31. The van der Waals surface area contributed by atoms with Crippen LogP contribution in [0.4, 0.5) is 0 Å². The molecule has 0 radical (unpaired) electrons. The normalized spacial score (nSPS) is 42.2. The summed E-state index contributed by atoms with van der Waals surface area (Å²) in [5.41, 5.74) is 0. The van der Waals surface area contributed by atoms with E-state index in [4.69, 9.17) is 4.74 Å². The number of nitrogens with one attached hydrogen (secondary N) is 1. The van der Waals surface area contributed by atoms with Gasteiger partial charge in [-0.1, -0.05) is 19.8 Å². The Labute approximate surface area is 74.7 Å². The second-order valence-electron chi connectivity index (χ2n) is 4.03. The molecule has 2 nitrogen and oxygen atoms in total. The molecule has 2 fully saturated rings. The Bertz CT molecular complexity index is 149. The van der Waals surface area contributed by atoms with Crippen molar-refractivity contribution in [2.24, 2.45) is 0 Å². The van der Waals surface area contributed by atoms with Gasteiger partial charge in [-0.15, -0.1) is 0 Å². The first kappa shape index (κ1) is 8.52. The van der Waals surface area contributed by atoms with E-state index < -0.39 is 0 Å². The molecule has 1 saturated heterocycles. The third-order valence-corrected chi connectivity index (χ3v) is 3.16. The van der Waals surface area contributed by atoms with Gasteiger partial charge in [0.2, 0.25) is 0 Å². The maximum absolute atomic E-state index is 5.82. The second kappa shape index (κ2) is 3.75. The number of fused-ring (bicyclic) bond motifs is 1. The Morgan fingerprint density at radius 2 is 2.17 bits per heavy atom. The first-order valence-electron chi connectivity index (χ1n) is 5.28. The number of hydrogen-bond acceptors (Lipinski definition) is 2. The Hall–Kier alpha value is -0.0800. The molecule has 1 N–H and O–H groups in total. The predicted octanol–water partition coefficient (Wildman–Crippen LogP) is 1.70. The highest BCUT2D eigenvalue weighted by Crippen LogP contribution is 2.24. The summed E-state index contributed by atoms with van der Waals surface area (Å²) in [6.45, 7) is 3.15. The van der Waals surface area contributed by atoms with Crippen LogP contribution < -0.4 is 5.32 Å². The van der Waals surface area contributed by atoms with Gasteiger partial charge in [0, 0.05) is 12.1 Å². The van der Waals surface area contributed by atoms with Gasteiger partial charge >= 0.3 is 0 Å². The number of rotatable bonds is 1. The van der Waals surface area contributed by atoms with Crippen LogP contribution in [0, 0.1) is 0 Å². The van der Waals surface area contributed by atoms with Crippen LogP contribution in [0.1, 0.15) is 39.0 Å². The summed E-state index contributed by atoms with van der Waals surface area (Å²) in [6.07, 6.45) is 7.06. The molecule has 70 valence electrons. The second-order valence-corrected chi connectivity index (χ2v) is 4.03. The zero-order valence-corrected chi connectivity index (χ0v) is 7.88. The maximum atomic E-state index is 5.82. The third-order valence-electron chi connectivity index (χ3n) is 3.16. The van der Waals surface area contributed by atoms with Crippen LogP contribution >= 0.6 is 0 Å². The summed E-state index contributed by atoms with van der Waals surface area (Å²) in [7, 11) is 0. The molecule has 0 aromatic heterocycles. The fourth-order valence-corrected chi connectivity index (χ4v) is 2.31. The summed E-state index contributed by atoms with van der Waals surface area (Å²) in [4.78, 5) is 0. The van der Waals surface area contributed by atoms with Crippen molar-refractivity contribution >= 4 is 0 Å². The SMILES string of the molecule is CCC1COC2CCCCC2N1. The van der Waals surface area contributed by atoms with E-state index in [0.717, 1.165) is 6.61 Å². The van der Waals surface area contributed by atoms with Crippen molar-refractivity contribution in [1.82, 2.24) is 5.32 Å². The fraction of sp³-hybridized carbons (Fsp3) is 1.00. The van der Waals surface area contributed by atoms with Gasteiger partial charge in [-0.3, -0.25) is 0 Å². The Morgan fingerprint density at radius 1 is 1.33 bits per heavy atom. The van der Waals surface area contributed by atoms with Gasteiger partial charge in [0.05, 0.1) is 12.7 Å². The van der Waals surface area contributed by atoms with Crippen molar-refractivity contribution in [2.45, 2.75) is 57.2 Å². The van der Waals surface area contributed by atoms with Gasteiger partial charge in [-0.05, 0) is 19.3 Å². The van der Waals surface area contributed by atoms with Crippen molar-refractivity contribution in [2.75, 3.05) is 6.61 Å². The van der Waals surface area contributed by atoms with Gasteiger partial charge in [-0.2, -0.15) is 0 Å². The summed E-state index contributed by atoms with van der Waals surface area (Å²) in [5, 5.41) is 3.68. The lowest BCUT2D eigenvalue weighted by Gasteiger charge is -2.40. The lowest BCUT2D eigenvalue weighted by Crippen LogP contribution is -2.54. The van der Waals surface area contributed by atoms with Gasteiger partial charge < -0.3 is 10.1 Å². The topological polar surface area (TPSA) is 21.3 Å². The molecule has 0 spiro atoms. The molecule has 3 unspecified atom stereocenters. The molecule has 0 aromatic carbocycles. The summed E-state index contributed by atoms with van der Waals surface area (Å²) >= 11 is 0. The smallest absolute Gasteiger partial charge is 0.0728 e. The Morgan fingerprint density at radius 3 is 3.00 bits per heavy atom. The van der Waals surface area contributed by atoms with E-state index in [0.29, 0.717) is 18.2 Å². The van der Waals surface area contributed by atoms with Crippen LogP contribution in [0.15, 0.2) is 0 Å². The molecular weight excluding hydrogens is 150 g/mol. The van der Waals surface area contributed by atoms with E-state index in [1.807, 2.05) is 0 Å².